The topological polar surface area (TPSA) is 29.3 Å². The van der Waals surface area contributed by atoms with Gasteiger partial charge < -0.3 is 9.88 Å². The molecule has 26 heavy (non-hydrogen) atoms. The Morgan fingerprint density at radius 2 is 1.62 bits per heavy atom. The Morgan fingerprint density at radius 1 is 1.04 bits per heavy atom. The average Bonchev–Trinajstić information content (AvgIpc) is 3.12. The molecular weight excluding hydrogens is 357 g/mol. The van der Waals surface area contributed by atoms with Crippen LogP contribution in [0.15, 0.2) is 96.4 Å². The van der Waals surface area contributed by atoms with E-state index in [4.69, 9.17) is 17.0 Å². The number of hydrogen-bond donors (Lipinski definition) is 1. The molecule has 1 heterocycles. The first kappa shape index (κ1) is 18.4. The van der Waals surface area contributed by atoms with Crippen LogP contribution >= 0.6 is 19.3 Å². The van der Waals surface area contributed by atoms with E-state index >= 15 is 0 Å². The van der Waals surface area contributed by atoms with Crippen molar-refractivity contribution >= 4 is 40.4 Å². The van der Waals surface area contributed by atoms with Gasteiger partial charge in [-0.3, -0.25) is 0 Å². The third kappa shape index (κ3) is 3.57. The molecule has 0 unspecified atom stereocenters. The SMILES string of the molecule is C=CCNC(=S)N=P(c1ccccc1)(c1ccccc1)c1cccn1C. The van der Waals surface area contributed by atoms with E-state index < -0.39 is 7.05 Å². The molecule has 0 amide bonds. The number of nitrogens with zero attached hydrogens (tertiary/aromatic N) is 2. The highest BCUT2D eigenvalue weighted by Crippen LogP contribution is 2.46. The van der Waals surface area contributed by atoms with Gasteiger partial charge in [0.2, 0.25) is 0 Å². The molecule has 1 N–H and O–H groups in total. The van der Waals surface area contributed by atoms with Crippen molar-refractivity contribution in [1.82, 2.24) is 9.88 Å². The Morgan fingerprint density at radius 3 is 2.08 bits per heavy atom. The Balaban J connectivity index is 2.36. The van der Waals surface area contributed by atoms with Crippen LogP contribution < -0.4 is 21.4 Å². The minimum Gasteiger partial charge on any atom is -0.357 e. The van der Waals surface area contributed by atoms with Crippen molar-refractivity contribution < 1.29 is 0 Å². The van der Waals surface area contributed by atoms with Gasteiger partial charge in [-0.25, -0.2) is 4.74 Å². The van der Waals surface area contributed by atoms with E-state index in [0.29, 0.717) is 11.7 Å². The zero-order valence-corrected chi connectivity index (χ0v) is 16.5. The van der Waals surface area contributed by atoms with E-state index in [1.807, 2.05) is 12.1 Å². The lowest BCUT2D eigenvalue weighted by atomic mass is 10.4. The Bertz CT molecular complexity index is 902. The Kier molecular flexibility index (Phi) is 5.87. The Labute approximate surface area is 160 Å². The maximum atomic E-state index is 5.58. The van der Waals surface area contributed by atoms with E-state index in [2.05, 4.69) is 90.4 Å². The molecule has 0 fully saturated rings. The van der Waals surface area contributed by atoms with Gasteiger partial charge in [0.25, 0.3) is 0 Å². The van der Waals surface area contributed by atoms with Gasteiger partial charge in [0.1, 0.15) is 0 Å². The van der Waals surface area contributed by atoms with Gasteiger partial charge in [0.05, 0.1) is 12.5 Å². The molecule has 132 valence electrons. The summed E-state index contributed by atoms with van der Waals surface area (Å²) in [6.45, 7) is 4.35. The molecule has 0 saturated carbocycles. The van der Waals surface area contributed by atoms with Crippen LogP contribution in [-0.2, 0) is 7.05 Å². The third-order valence-corrected chi connectivity index (χ3v) is 8.24. The smallest absolute Gasteiger partial charge is 0.192 e. The summed E-state index contributed by atoms with van der Waals surface area (Å²) in [6.07, 6.45) is 3.85. The first-order valence-corrected chi connectivity index (χ1v) is 10.6. The number of benzene rings is 2. The predicted molar refractivity (Wildman–Crippen MR) is 117 cm³/mol. The average molecular weight is 379 g/mol. The van der Waals surface area contributed by atoms with Crippen LogP contribution in [0, 0.1) is 0 Å². The first-order chi connectivity index (χ1) is 12.7. The van der Waals surface area contributed by atoms with Gasteiger partial charge in [-0.05, 0) is 24.4 Å². The van der Waals surface area contributed by atoms with Crippen molar-refractivity contribution in [1.29, 1.82) is 0 Å². The second kappa shape index (κ2) is 8.31. The minimum absolute atomic E-state index is 0.507. The number of nitrogens with one attached hydrogen (secondary N) is 1. The monoisotopic (exact) mass is 379 g/mol. The molecule has 0 aliphatic rings. The van der Waals surface area contributed by atoms with Crippen LogP contribution in [0.5, 0.6) is 0 Å². The van der Waals surface area contributed by atoms with E-state index in [1.165, 1.54) is 10.6 Å². The van der Waals surface area contributed by atoms with Gasteiger partial charge in [-0.1, -0.05) is 66.7 Å². The molecule has 1 aromatic heterocycles. The molecule has 3 rings (SSSR count). The summed E-state index contributed by atoms with van der Waals surface area (Å²) >= 11 is 5.58. The number of aryl methyl sites for hydroxylation is 1. The van der Waals surface area contributed by atoms with Crippen LogP contribution in [-0.4, -0.2) is 16.2 Å². The molecule has 0 atom stereocenters. The predicted octanol–water partition coefficient (Wildman–Crippen LogP) is 3.56. The molecule has 0 spiro atoms. The van der Waals surface area contributed by atoms with Gasteiger partial charge in [-0.15, -0.1) is 6.58 Å². The lowest BCUT2D eigenvalue weighted by Gasteiger charge is -2.27. The quantitative estimate of drug-likeness (QED) is 0.417. The van der Waals surface area contributed by atoms with E-state index in [-0.39, 0.29) is 0 Å². The highest BCUT2D eigenvalue weighted by atomic mass is 32.1. The summed E-state index contributed by atoms with van der Waals surface area (Å²) in [5.41, 5.74) is 1.16. The standard InChI is InChI=1S/C21H22N3PS/c1-3-16-22-21(26)23-25(18-11-6-4-7-12-18,19-13-8-5-9-14-19)20-15-10-17-24(20)2/h3-15,17H,1,16H2,2H3,(H,22,26). The van der Waals surface area contributed by atoms with Crippen molar-refractivity contribution in [2.24, 2.45) is 11.8 Å². The summed E-state index contributed by atoms with van der Waals surface area (Å²) in [5, 5.41) is 6.03. The van der Waals surface area contributed by atoms with Crippen LogP contribution in [0.3, 0.4) is 0 Å². The molecule has 5 heteroatoms. The first-order valence-electron chi connectivity index (χ1n) is 8.42. The van der Waals surface area contributed by atoms with E-state index in [1.54, 1.807) is 6.08 Å². The largest absolute Gasteiger partial charge is 0.357 e. The number of aromatic nitrogens is 1. The second-order valence-corrected chi connectivity index (χ2v) is 9.21. The zero-order chi connectivity index (χ0) is 18.4. The van der Waals surface area contributed by atoms with Crippen LogP contribution in [0.1, 0.15) is 0 Å². The fourth-order valence-corrected chi connectivity index (χ4v) is 6.97. The fraction of sp³-hybridized carbons (Fsp3) is 0.0952. The number of thiocarbonyl (C=S) groups is 1. The molecule has 0 saturated heterocycles. The molecule has 3 nitrogen and oxygen atoms in total. The molecule has 0 aliphatic heterocycles. The number of rotatable bonds is 5. The van der Waals surface area contributed by atoms with Crippen molar-refractivity contribution in [3.05, 3.63) is 91.6 Å². The van der Waals surface area contributed by atoms with Gasteiger partial charge in [-0.2, -0.15) is 0 Å². The second-order valence-electron chi connectivity index (χ2n) is 5.86. The van der Waals surface area contributed by atoms with Crippen molar-refractivity contribution in [2.75, 3.05) is 6.54 Å². The number of hydrogen-bond acceptors (Lipinski definition) is 1. The fourth-order valence-electron chi connectivity index (χ4n) is 2.99. The molecule has 2 aromatic carbocycles. The minimum atomic E-state index is -2.29. The summed E-state index contributed by atoms with van der Waals surface area (Å²) in [4.78, 5) is 0. The highest BCUT2D eigenvalue weighted by Gasteiger charge is 2.29. The lowest BCUT2D eigenvalue weighted by molar-refractivity contribution is 0.959. The normalized spacial score (nSPS) is 11.0. The summed E-state index contributed by atoms with van der Waals surface area (Å²) in [5.74, 6) is 0. The van der Waals surface area contributed by atoms with Gasteiger partial charge in [0.15, 0.2) is 5.11 Å². The lowest BCUT2D eigenvalue weighted by Crippen LogP contribution is -2.31. The molecule has 0 aliphatic carbocycles. The summed E-state index contributed by atoms with van der Waals surface area (Å²) in [7, 11) is -0.228. The maximum absolute atomic E-state index is 5.58. The van der Waals surface area contributed by atoms with E-state index in [0.717, 1.165) is 5.44 Å². The van der Waals surface area contributed by atoms with Crippen LogP contribution in [0.25, 0.3) is 0 Å². The molecule has 3 aromatic rings. The van der Waals surface area contributed by atoms with Crippen LogP contribution in [0.2, 0.25) is 0 Å². The van der Waals surface area contributed by atoms with E-state index in [9.17, 15) is 0 Å². The van der Waals surface area contributed by atoms with Crippen LogP contribution in [0.4, 0.5) is 0 Å². The van der Waals surface area contributed by atoms with Crippen molar-refractivity contribution in [2.45, 2.75) is 0 Å². The van der Waals surface area contributed by atoms with Gasteiger partial charge in [0, 0.05) is 30.4 Å². The molecular formula is C21H22N3PS. The third-order valence-electron chi connectivity index (χ3n) is 4.15. The highest BCUT2D eigenvalue weighted by molar-refractivity contribution is 7.88. The van der Waals surface area contributed by atoms with Crippen molar-refractivity contribution in [3.8, 4) is 0 Å². The molecule has 0 radical (unpaired) electrons. The van der Waals surface area contributed by atoms with Gasteiger partial charge >= 0.3 is 0 Å². The zero-order valence-electron chi connectivity index (χ0n) is 14.7. The van der Waals surface area contributed by atoms with Crippen molar-refractivity contribution in [3.63, 3.8) is 0 Å². The Hall–Kier alpha value is -2.42. The summed E-state index contributed by atoms with van der Waals surface area (Å²) < 4.78 is 7.30. The summed E-state index contributed by atoms with van der Waals surface area (Å²) in [6, 6.07) is 25.1. The molecule has 0 bridgehead atoms. The maximum Gasteiger partial charge on any atom is 0.192 e.